The molecule has 0 bridgehead atoms. The van der Waals surface area contributed by atoms with Crippen LogP contribution >= 0.6 is 11.3 Å². The number of fused-ring (bicyclic) bond motifs is 3. The Hall–Kier alpha value is -1.69. The van der Waals surface area contributed by atoms with Crippen LogP contribution in [0.2, 0.25) is 0 Å². The van der Waals surface area contributed by atoms with Crippen molar-refractivity contribution in [1.29, 1.82) is 0 Å². The maximum Gasteiger partial charge on any atom is 0.259 e. The Morgan fingerprint density at radius 1 is 1.20 bits per heavy atom. The second-order valence-electron chi connectivity index (χ2n) is 6.78. The van der Waals surface area contributed by atoms with E-state index in [1.165, 1.54) is 16.9 Å². The van der Waals surface area contributed by atoms with Crippen LogP contribution in [0.3, 0.4) is 0 Å². The zero-order chi connectivity index (χ0) is 17.8. The highest BCUT2D eigenvalue weighted by atomic mass is 32.1. The van der Waals surface area contributed by atoms with Crippen molar-refractivity contribution in [3.8, 4) is 0 Å². The van der Waals surface area contributed by atoms with E-state index in [0.717, 1.165) is 55.4 Å². The standard InChI is InChI=1S/C19H27N3O2S/c1-3-11-22(12-4-2)16(23)10-9-15-20-18(24)17-13-7-5-6-8-14(13)25-19(17)21-15/h3-12H2,1-2H3,(H,20,21,24). The average Bonchev–Trinajstić information content (AvgIpc) is 2.98. The molecule has 2 aromatic rings. The molecule has 0 saturated heterocycles. The fourth-order valence-corrected chi connectivity index (χ4v) is 4.89. The second-order valence-corrected chi connectivity index (χ2v) is 7.87. The van der Waals surface area contributed by atoms with E-state index >= 15 is 0 Å². The van der Waals surface area contributed by atoms with E-state index in [4.69, 9.17) is 0 Å². The SMILES string of the molecule is CCCN(CCC)C(=O)CCc1nc2sc3c(c2c(=O)[nH]1)CCCC3. The zero-order valence-electron chi connectivity index (χ0n) is 15.2. The number of aromatic nitrogens is 2. The van der Waals surface area contributed by atoms with Crippen LogP contribution in [0.25, 0.3) is 10.2 Å². The van der Waals surface area contributed by atoms with Crippen LogP contribution in [0.15, 0.2) is 4.79 Å². The first-order valence-electron chi connectivity index (χ1n) is 9.45. The minimum absolute atomic E-state index is 0.0363. The number of aryl methyl sites for hydroxylation is 3. The predicted molar refractivity (Wildman–Crippen MR) is 102 cm³/mol. The van der Waals surface area contributed by atoms with Crippen molar-refractivity contribution in [3.63, 3.8) is 0 Å². The van der Waals surface area contributed by atoms with Crippen molar-refractivity contribution in [3.05, 3.63) is 26.6 Å². The van der Waals surface area contributed by atoms with Gasteiger partial charge in [-0.2, -0.15) is 0 Å². The van der Waals surface area contributed by atoms with Crippen molar-refractivity contribution in [2.24, 2.45) is 0 Å². The molecule has 1 amide bonds. The Morgan fingerprint density at radius 2 is 1.92 bits per heavy atom. The molecular formula is C19H27N3O2S. The van der Waals surface area contributed by atoms with E-state index in [9.17, 15) is 9.59 Å². The van der Waals surface area contributed by atoms with Gasteiger partial charge in [0, 0.05) is 30.8 Å². The maximum atomic E-state index is 12.5. The third-order valence-corrected chi connectivity index (χ3v) is 5.98. The number of carbonyl (C=O) groups is 1. The molecule has 3 rings (SSSR count). The third-order valence-electron chi connectivity index (χ3n) is 4.79. The number of rotatable bonds is 7. The molecule has 1 N–H and O–H groups in total. The average molecular weight is 362 g/mol. The van der Waals surface area contributed by atoms with Crippen molar-refractivity contribution >= 4 is 27.5 Å². The molecule has 136 valence electrons. The quantitative estimate of drug-likeness (QED) is 0.821. The van der Waals surface area contributed by atoms with Gasteiger partial charge < -0.3 is 9.88 Å². The van der Waals surface area contributed by atoms with Crippen molar-refractivity contribution in [1.82, 2.24) is 14.9 Å². The summed E-state index contributed by atoms with van der Waals surface area (Å²) in [6.45, 7) is 5.77. The van der Waals surface area contributed by atoms with Gasteiger partial charge in [-0.05, 0) is 44.1 Å². The number of aromatic amines is 1. The summed E-state index contributed by atoms with van der Waals surface area (Å²) in [6.07, 6.45) is 7.23. The molecule has 0 unspecified atom stereocenters. The number of nitrogens with one attached hydrogen (secondary N) is 1. The molecule has 2 heterocycles. The largest absolute Gasteiger partial charge is 0.343 e. The summed E-state index contributed by atoms with van der Waals surface area (Å²) >= 11 is 1.66. The van der Waals surface area contributed by atoms with Gasteiger partial charge in [-0.1, -0.05) is 13.8 Å². The molecule has 0 aromatic carbocycles. The van der Waals surface area contributed by atoms with Gasteiger partial charge in [-0.15, -0.1) is 11.3 Å². The minimum Gasteiger partial charge on any atom is -0.343 e. The van der Waals surface area contributed by atoms with Crippen molar-refractivity contribution < 1.29 is 4.79 Å². The summed E-state index contributed by atoms with van der Waals surface area (Å²) in [5.74, 6) is 0.786. The highest BCUT2D eigenvalue weighted by Gasteiger charge is 2.20. The monoisotopic (exact) mass is 361 g/mol. The Labute approximate surface area is 152 Å². The van der Waals surface area contributed by atoms with Gasteiger partial charge in [0.15, 0.2) is 0 Å². The molecule has 25 heavy (non-hydrogen) atoms. The lowest BCUT2D eigenvalue weighted by atomic mass is 9.97. The Morgan fingerprint density at radius 3 is 2.64 bits per heavy atom. The fourth-order valence-electron chi connectivity index (χ4n) is 3.61. The molecule has 0 spiro atoms. The number of hydrogen-bond acceptors (Lipinski definition) is 4. The van der Waals surface area contributed by atoms with Gasteiger partial charge in [0.05, 0.1) is 5.39 Å². The maximum absolute atomic E-state index is 12.5. The molecule has 1 aliphatic rings. The van der Waals surface area contributed by atoms with Crippen molar-refractivity contribution in [2.45, 2.75) is 65.2 Å². The van der Waals surface area contributed by atoms with Gasteiger partial charge in [-0.25, -0.2) is 4.98 Å². The van der Waals surface area contributed by atoms with Crippen LogP contribution in [0.1, 0.15) is 62.2 Å². The van der Waals surface area contributed by atoms with Gasteiger partial charge in [0.25, 0.3) is 5.56 Å². The van der Waals surface area contributed by atoms with Crippen LogP contribution in [0.5, 0.6) is 0 Å². The fraction of sp³-hybridized carbons (Fsp3) is 0.632. The van der Waals surface area contributed by atoms with E-state index < -0.39 is 0 Å². The summed E-state index contributed by atoms with van der Waals surface area (Å²) < 4.78 is 0. The first-order valence-corrected chi connectivity index (χ1v) is 10.3. The Balaban J connectivity index is 1.76. The predicted octanol–water partition coefficient (Wildman–Crippen LogP) is 3.44. The highest BCUT2D eigenvalue weighted by molar-refractivity contribution is 7.18. The molecule has 1 aliphatic carbocycles. The smallest absolute Gasteiger partial charge is 0.259 e. The van der Waals surface area contributed by atoms with Crippen LogP contribution in [-0.4, -0.2) is 33.9 Å². The third kappa shape index (κ3) is 3.94. The van der Waals surface area contributed by atoms with E-state index in [1.807, 2.05) is 4.90 Å². The van der Waals surface area contributed by atoms with E-state index in [1.54, 1.807) is 11.3 Å². The van der Waals surface area contributed by atoms with E-state index in [2.05, 4.69) is 23.8 Å². The van der Waals surface area contributed by atoms with Crippen LogP contribution < -0.4 is 5.56 Å². The lowest BCUT2D eigenvalue weighted by Crippen LogP contribution is -2.32. The molecule has 2 aromatic heterocycles. The number of thiophene rings is 1. The molecule has 6 heteroatoms. The lowest BCUT2D eigenvalue weighted by molar-refractivity contribution is -0.131. The first kappa shape index (κ1) is 18.1. The van der Waals surface area contributed by atoms with Gasteiger partial charge in [-0.3, -0.25) is 9.59 Å². The normalized spacial score (nSPS) is 13.8. The number of carbonyl (C=O) groups excluding carboxylic acids is 1. The molecule has 0 radical (unpaired) electrons. The molecule has 0 atom stereocenters. The molecule has 0 saturated carbocycles. The number of amides is 1. The van der Waals surface area contributed by atoms with Gasteiger partial charge >= 0.3 is 0 Å². The molecular weight excluding hydrogens is 334 g/mol. The van der Waals surface area contributed by atoms with E-state index in [-0.39, 0.29) is 11.5 Å². The number of H-pyrrole nitrogens is 1. The lowest BCUT2D eigenvalue weighted by Gasteiger charge is -2.21. The van der Waals surface area contributed by atoms with Gasteiger partial charge in [0.1, 0.15) is 10.7 Å². The van der Waals surface area contributed by atoms with Crippen LogP contribution in [0, 0.1) is 0 Å². The Bertz CT molecular complexity index is 803. The summed E-state index contributed by atoms with van der Waals surface area (Å²) in [5.41, 5.74) is 1.17. The van der Waals surface area contributed by atoms with Crippen molar-refractivity contribution in [2.75, 3.05) is 13.1 Å². The summed E-state index contributed by atoms with van der Waals surface area (Å²) in [6, 6.07) is 0. The summed E-state index contributed by atoms with van der Waals surface area (Å²) in [4.78, 5) is 36.6. The first-order chi connectivity index (χ1) is 12.1. The molecule has 5 nitrogen and oxygen atoms in total. The second kappa shape index (κ2) is 8.13. The summed E-state index contributed by atoms with van der Waals surface area (Å²) in [7, 11) is 0. The molecule has 0 fully saturated rings. The Kier molecular flexibility index (Phi) is 5.89. The zero-order valence-corrected chi connectivity index (χ0v) is 16.0. The highest BCUT2D eigenvalue weighted by Crippen LogP contribution is 2.33. The van der Waals surface area contributed by atoms with E-state index in [0.29, 0.717) is 18.7 Å². The molecule has 0 aliphatic heterocycles. The number of hydrogen-bond donors (Lipinski definition) is 1. The van der Waals surface area contributed by atoms with Gasteiger partial charge in [0.2, 0.25) is 5.91 Å². The topological polar surface area (TPSA) is 66.1 Å². The van der Waals surface area contributed by atoms with Crippen LogP contribution in [-0.2, 0) is 24.1 Å². The number of nitrogens with zero attached hydrogens (tertiary/aromatic N) is 2. The summed E-state index contributed by atoms with van der Waals surface area (Å²) in [5, 5.41) is 0.786. The minimum atomic E-state index is -0.0363. The van der Waals surface area contributed by atoms with Crippen LogP contribution in [0.4, 0.5) is 0 Å².